The van der Waals surface area contributed by atoms with Crippen LogP contribution in [0.15, 0.2) is 30.3 Å². The lowest BCUT2D eigenvalue weighted by molar-refractivity contribution is -0.120. The highest BCUT2D eigenvalue weighted by Crippen LogP contribution is 2.26. The van der Waals surface area contributed by atoms with Crippen LogP contribution in [0.3, 0.4) is 0 Å². The molecule has 2 unspecified atom stereocenters. The molecule has 5 rings (SSSR count). The second-order valence-corrected chi connectivity index (χ2v) is 9.12. The van der Waals surface area contributed by atoms with E-state index in [1.54, 1.807) is 37.3 Å². The Bertz CT molecular complexity index is 1370. The molecule has 2 fully saturated rings. The summed E-state index contributed by atoms with van der Waals surface area (Å²) in [6.07, 6.45) is 0.620. The highest BCUT2D eigenvalue weighted by Gasteiger charge is 2.28. The van der Waals surface area contributed by atoms with Gasteiger partial charge in [0, 0.05) is 25.7 Å². The summed E-state index contributed by atoms with van der Waals surface area (Å²) in [7, 11) is 4.86. The van der Waals surface area contributed by atoms with Gasteiger partial charge in [-0.1, -0.05) is 12.0 Å². The second kappa shape index (κ2) is 11.8. The maximum atomic E-state index is 12.3. The lowest BCUT2D eigenvalue weighted by Crippen LogP contribution is -2.32. The Labute approximate surface area is 225 Å². The molecule has 3 aliphatic rings. The number of imide groups is 1. The minimum absolute atomic E-state index is 0.0446. The van der Waals surface area contributed by atoms with Crippen LogP contribution < -0.4 is 25.0 Å². The van der Waals surface area contributed by atoms with Gasteiger partial charge in [-0.3, -0.25) is 24.6 Å². The molecule has 0 bridgehead atoms. The van der Waals surface area contributed by atoms with Gasteiger partial charge in [0.15, 0.2) is 17.5 Å². The molecule has 2 saturated heterocycles. The molecule has 0 aliphatic carbocycles. The molecule has 0 spiro atoms. The van der Waals surface area contributed by atoms with Crippen LogP contribution in [0.25, 0.3) is 0 Å². The van der Waals surface area contributed by atoms with Gasteiger partial charge in [0.1, 0.15) is 11.6 Å². The first-order valence-electron chi connectivity index (χ1n) is 12.3. The quantitative estimate of drug-likeness (QED) is 0.386. The number of ether oxygens (including phenoxy) is 2. The van der Waals surface area contributed by atoms with Gasteiger partial charge in [0.2, 0.25) is 5.91 Å². The fourth-order valence-electron chi connectivity index (χ4n) is 4.32. The summed E-state index contributed by atoms with van der Waals surface area (Å²) in [5.74, 6) is 6.21. The molecule has 1 aromatic heterocycles. The van der Waals surface area contributed by atoms with E-state index in [-0.39, 0.29) is 23.9 Å². The number of aromatic nitrogens is 1. The normalized spacial score (nSPS) is 20.1. The Morgan fingerprint density at radius 3 is 2.59 bits per heavy atom. The van der Waals surface area contributed by atoms with Crippen molar-refractivity contribution in [3.63, 3.8) is 0 Å². The predicted octanol–water partition coefficient (Wildman–Crippen LogP) is 0.808. The number of rotatable bonds is 3. The first-order chi connectivity index (χ1) is 18.7. The zero-order valence-electron chi connectivity index (χ0n) is 21.8. The van der Waals surface area contributed by atoms with Crippen LogP contribution in [-0.2, 0) is 16.1 Å². The lowest BCUT2D eigenvalue weighted by atomic mass is 10.1. The van der Waals surface area contributed by atoms with Crippen LogP contribution in [0.4, 0.5) is 10.6 Å². The fourth-order valence-corrected chi connectivity index (χ4v) is 4.32. The Morgan fingerprint density at radius 1 is 1.10 bits per heavy atom. The molecule has 3 N–H and O–H groups in total. The van der Waals surface area contributed by atoms with Crippen molar-refractivity contribution >= 4 is 29.6 Å². The van der Waals surface area contributed by atoms with Crippen LogP contribution >= 0.6 is 0 Å². The Balaban J connectivity index is 0.000000226. The number of hydrogen-bond donors (Lipinski definition) is 3. The van der Waals surface area contributed by atoms with Crippen LogP contribution in [-0.4, -0.2) is 78.7 Å². The molecule has 39 heavy (non-hydrogen) atoms. The van der Waals surface area contributed by atoms with Crippen LogP contribution in [0.5, 0.6) is 11.5 Å². The monoisotopic (exact) mass is 535 g/mol. The number of anilines is 1. The smallest absolute Gasteiger partial charge is 0.322 e. The number of nitrogens with zero attached hydrogens (tertiary/aromatic N) is 3. The van der Waals surface area contributed by atoms with Crippen LogP contribution in [0.1, 0.15) is 40.9 Å². The van der Waals surface area contributed by atoms with Crippen molar-refractivity contribution in [2.45, 2.75) is 38.0 Å². The third-order valence-electron chi connectivity index (χ3n) is 6.38. The number of benzene rings is 1. The highest BCUT2D eigenvalue weighted by atomic mass is 16.5. The van der Waals surface area contributed by atoms with Crippen LogP contribution in [0, 0.1) is 11.8 Å². The summed E-state index contributed by atoms with van der Waals surface area (Å²) in [5.41, 5.74) is 2.09. The topological polar surface area (TPSA) is 150 Å². The molecule has 2 atom stereocenters. The fraction of sp³-hybridized carbons (Fsp3) is 0.370. The van der Waals surface area contributed by atoms with Gasteiger partial charge >= 0.3 is 6.03 Å². The lowest BCUT2D eigenvalue weighted by Gasteiger charge is -2.20. The van der Waals surface area contributed by atoms with E-state index in [4.69, 9.17) is 9.47 Å². The second-order valence-electron chi connectivity index (χ2n) is 9.12. The number of carbonyl (C=O) groups excluding carboxylic acids is 4. The molecule has 204 valence electrons. The molecule has 0 saturated carbocycles. The van der Waals surface area contributed by atoms with Crippen molar-refractivity contribution in [2.75, 3.05) is 32.7 Å². The van der Waals surface area contributed by atoms with Gasteiger partial charge in [-0.05, 0) is 48.6 Å². The number of urea groups is 1. The predicted molar refractivity (Wildman–Crippen MR) is 139 cm³/mol. The van der Waals surface area contributed by atoms with E-state index in [1.807, 2.05) is 12.1 Å². The molecule has 3 aliphatic heterocycles. The van der Waals surface area contributed by atoms with Crippen molar-refractivity contribution in [3.05, 3.63) is 47.2 Å². The summed E-state index contributed by atoms with van der Waals surface area (Å²) >= 11 is 0. The van der Waals surface area contributed by atoms with Crippen molar-refractivity contribution in [2.24, 2.45) is 0 Å². The van der Waals surface area contributed by atoms with Gasteiger partial charge in [0.25, 0.3) is 11.8 Å². The molecule has 12 heteroatoms. The van der Waals surface area contributed by atoms with Crippen molar-refractivity contribution in [1.29, 1.82) is 0 Å². The first-order valence-corrected chi connectivity index (χ1v) is 12.3. The summed E-state index contributed by atoms with van der Waals surface area (Å²) in [6, 6.07) is 7.32. The van der Waals surface area contributed by atoms with E-state index in [0.29, 0.717) is 37.5 Å². The van der Waals surface area contributed by atoms with Gasteiger partial charge in [-0.25, -0.2) is 9.78 Å². The maximum absolute atomic E-state index is 12.3. The van der Waals surface area contributed by atoms with Crippen LogP contribution in [0.2, 0.25) is 0 Å². The van der Waals surface area contributed by atoms with E-state index in [2.05, 4.69) is 27.5 Å². The minimum atomic E-state index is -0.965. The maximum Gasteiger partial charge on any atom is 0.322 e. The number of fused-ring (bicyclic) bond motifs is 1. The summed E-state index contributed by atoms with van der Waals surface area (Å²) in [5, 5.41) is 14.2. The Hall–Kier alpha value is -4.63. The van der Waals surface area contributed by atoms with Gasteiger partial charge in [-0.2, -0.15) is 0 Å². The average molecular weight is 536 g/mol. The van der Waals surface area contributed by atoms with E-state index in [9.17, 15) is 24.3 Å². The van der Waals surface area contributed by atoms with Crippen molar-refractivity contribution in [3.8, 4) is 23.3 Å². The number of aliphatic hydroxyl groups excluding tert-OH is 1. The first kappa shape index (κ1) is 27.4. The van der Waals surface area contributed by atoms with Gasteiger partial charge in [0.05, 0.1) is 26.7 Å². The molecule has 1 aromatic carbocycles. The highest BCUT2D eigenvalue weighted by molar-refractivity contribution is 6.06. The summed E-state index contributed by atoms with van der Waals surface area (Å²) in [6.45, 7) is 1.15. The third-order valence-corrected chi connectivity index (χ3v) is 6.38. The van der Waals surface area contributed by atoms with E-state index >= 15 is 0 Å². The Morgan fingerprint density at radius 2 is 1.90 bits per heavy atom. The number of pyridine rings is 1. The zero-order valence-corrected chi connectivity index (χ0v) is 21.8. The molecule has 2 aromatic rings. The van der Waals surface area contributed by atoms with Crippen molar-refractivity contribution in [1.82, 2.24) is 20.5 Å². The molecule has 12 nitrogen and oxygen atoms in total. The summed E-state index contributed by atoms with van der Waals surface area (Å²) in [4.78, 5) is 54.1. The molecular formula is C27H29N5O7. The SMILES string of the molecule is COc1ccc(N2CCCC(O)CC2=O)nc1C#CC1NC(=O)NC1=O.COc1ccc2c(c1)C(=O)N(C)C2. The van der Waals surface area contributed by atoms with Gasteiger partial charge < -0.3 is 24.8 Å². The molecule has 0 radical (unpaired) electrons. The third kappa shape index (κ3) is 6.27. The zero-order chi connectivity index (χ0) is 28.1. The van der Waals surface area contributed by atoms with E-state index in [0.717, 1.165) is 16.9 Å². The largest absolute Gasteiger partial charge is 0.497 e. The Kier molecular flexibility index (Phi) is 8.31. The standard InChI is InChI=1S/C17H18N4O5.C10H11NO2/c1-26-13-6-7-14(21-8-2-3-10(22)9-15(21)23)18-11(13)4-5-12-16(24)20-17(25)19-12;1-11-6-7-3-4-8(13-2)5-9(7)10(11)12/h6-7,10,12,22H,2-3,8-9H2,1H3,(H2,19,20,24,25);3-5H,6H2,1-2H3. The van der Waals surface area contributed by atoms with E-state index in [1.165, 1.54) is 12.0 Å². The molecular weight excluding hydrogens is 506 g/mol. The number of hydrogen-bond acceptors (Lipinski definition) is 8. The molecule has 4 heterocycles. The summed E-state index contributed by atoms with van der Waals surface area (Å²) < 4.78 is 10.3. The van der Waals surface area contributed by atoms with Gasteiger partial charge in [-0.15, -0.1) is 0 Å². The molecule has 5 amide bonds. The number of aliphatic hydroxyl groups is 1. The number of nitrogens with one attached hydrogen (secondary N) is 2. The van der Waals surface area contributed by atoms with E-state index < -0.39 is 24.1 Å². The van der Waals surface area contributed by atoms with Crippen molar-refractivity contribution < 1.29 is 33.8 Å². The number of methoxy groups -OCH3 is 2. The average Bonchev–Trinajstić information content (AvgIpc) is 3.33. The number of carbonyl (C=O) groups is 4. The number of amides is 5. The minimum Gasteiger partial charge on any atom is -0.497 e.